The van der Waals surface area contributed by atoms with Gasteiger partial charge in [0, 0.05) is 11.0 Å². The number of nitrogens with one attached hydrogen (secondary N) is 1. The zero-order valence-corrected chi connectivity index (χ0v) is 18.8. The molecule has 0 saturated carbocycles. The standard InChI is InChI=1S/C26H26N2O3S/c1-17-7-13-21-22(15-17)32-26(24(21)25(27)30)28-23(29)14-10-18-8-11-20(12-9-18)31-16-19-5-3-2-4-6-19/h2-6,8-12,14,17H,7,13,15-16H2,1H3,(H2,27,30)(H,28,29). The average molecular weight is 447 g/mol. The van der Waals surface area contributed by atoms with Crippen LogP contribution in [-0.4, -0.2) is 11.8 Å². The Bertz CT molecular complexity index is 1130. The number of fused-ring (bicyclic) bond motifs is 1. The number of benzene rings is 2. The van der Waals surface area contributed by atoms with Crippen molar-refractivity contribution in [3.8, 4) is 5.75 Å². The van der Waals surface area contributed by atoms with Crippen LogP contribution in [0.3, 0.4) is 0 Å². The second-order valence-electron chi connectivity index (χ2n) is 8.09. The summed E-state index contributed by atoms with van der Waals surface area (Å²) in [4.78, 5) is 25.7. The first-order chi connectivity index (χ1) is 15.5. The molecule has 1 atom stereocenters. The van der Waals surface area contributed by atoms with Gasteiger partial charge in [0.15, 0.2) is 0 Å². The van der Waals surface area contributed by atoms with Crippen LogP contribution in [0.1, 0.15) is 45.3 Å². The first-order valence-electron chi connectivity index (χ1n) is 10.7. The van der Waals surface area contributed by atoms with E-state index in [0.717, 1.165) is 46.6 Å². The summed E-state index contributed by atoms with van der Waals surface area (Å²) in [5.41, 5.74) is 9.08. The second kappa shape index (κ2) is 9.83. The van der Waals surface area contributed by atoms with Crippen molar-refractivity contribution in [1.82, 2.24) is 0 Å². The summed E-state index contributed by atoms with van der Waals surface area (Å²) in [5, 5.41) is 3.40. The van der Waals surface area contributed by atoms with Crippen LogP contribution in [-0.2, 0) is 24.2 Å². The first kappa shape index (κ1) is 21.8. The Hall–Kier alpha value is -3.38. The molecule has 3 N–H and O–H groups in total. The summed E-state index contributed by atoms with van der Waals surface area (Å²) in [6.45, 7) is 2.70. The molecule has 1 aliphatic rings. The highest BCUT2D eigenvalue weighted by atomic mass is 32.1. The Morgan fingerprint density at radius 3 is 2.62 bits per heavy atom. The van der Waals surface area contributed by atoms with E-state index >= 15 is 0 Å². The molecule has 5 nitrogen and oxygen atoms in total. The van der Waals surface area contributed by atoms with Crippen molar-refractivity contribution < 1.29 is 14.3 Å². The molecular weight excluding hydrogens is 420 g/mol. The average Bonchev–Trinajstić information content (AvgIpc) is 3.14. The van der Waals surface area contributed by atoms with Gasteiger partial charge in [0.1, 0.15) is 17.4 Å². The third-order valence-electron chi connectivity index (χ3n) is 5.55. The Morgan fingerprint density at radius 1 is 1.16 bits per heavy atom. The van der Waals surface area contributed by atoms with E-state index in [1.807, 2.05) is 54.6 Å². The van der Waals surface area contributed by atoms with Gasteiger partial charge in [-0.3, -0.25) is 9.59 Å². The molecule has 6 heteroatoms. The fourth-order valence-electron chi connectivity index (χ4n) is 3.84. The van der Waals surface area contributed by atoms with E-state index in [0.29, 0.717) is 23.1 Å². The maximum absolute atomic E-state index is 12.5. The zero-order valence-electron chi connectivity index (χ0n) is 18.0. The van der Waals surface area contributed by atoms with Gasteiger partial charge in [-0.05, 0) is 60.1 Å². The molecule has 0 radical (unpaired) electrons. The molecule has 2 amide bonds. The van der Waals surface area contributed by atoms with Gasteiger partial charge in [0.05, 0.1) is 5.56 Å². The molecule has 3 aromatic rings. The summed E-state index contributed by atoms with van der Waals surface area (Å²) >= 11 is 1.47. The van der Waals surface area contributed by atoms with Crippen LogP contribution in [0, 0.1) is 5.92 Å². The highest BCUT2D eigenvalue weighted by Crippen LogP contribution is 2.39. The van der Waals surface area contributed by atoms with Gasteiger partial charge in [0.25, 0.3) is 5.91 Å². The van der Waals surface area contributed by atoms with E-state index in [1.165, 1.54) is 17.4 Å². The smallest absolute Gasteiger partial charge is 0.251 e. The van der Waals surface area contributed by atoms with Crippen molar-refractivity contribution in [3.63, 3.8) is 0 Å². The quantitative estimate of drug-likeness (QED) is 0.489. The number of anilines is 1. The van der Waals surface area contributed by atoms with E-state index in [9.17, 15) is 9.59 Å². The van der Waals surface area contributed by atoms with E-state index < -0.39 is 5.91 Å². The predicted octanol–water partition coefficient (Wildman–Crippen LogP) is 5.20. The Kier molecular flexibility index (Phi) is 6.71. The van der Waals surface area contributed by atoms with Gasteiger partial charge < -0.3 is 15.8 Å². The maximum atomic E-state index is 12.5. The summed E-state index contributed by atoms with van der Waals surface area (Å²) in [5.74, 6) is 0.566. The van der Waals surface area contributed by atoms with Crippen LogP contribution in [0.15, 0.2) is 60.7 Å². The van der Waals surface area contributed by atoms with Gasteiger partial charge in [-0.15, -0.1) is 11.3 Å². The molecule has 1 aliphatic carbocycles. The van der Waals surface area contributed by atoms with E-state index in [4.69, 9.17) is 10.5 Å². The van der Waals surface area contributed by atoms with Crippen LogP contribution in [0.2, 0.25) is 0 Å². The SMILES string of the molecule is CC1CCc2c(sc(NC(=O)C=Cc3ccc(OCc4ccccc4)cc3)c2C(N)=O)C1. The number of amides is 2. The molecule has 0 spiro atoms. The van der Waals surface area contributed by atoms with Crippen LogP contribution in [0.25, 0.3) is 6.08 Å². The van der Waals surface area contributed by atoms with Gasteiger partial charge in [-0.1, -0.05) is 49.4 Å². The van der Waals surface area contributed by atoms with Gasteiger partial charge >= 0.3 is 0 Å². The lowest BCUT2D eigenvalue weighted by Crippen LogP contribution is -2.18. The fourth-order valence-corrected chi connectivity index (χ4v) is 5.26. The van der Waals surface area contributed by atoms with Crippen molar-refractivity contribution >= 4 is 34.2 Å². The lowest BCUT2D eigenvalue weighted by molar-refractivity contribution is -0.111. The largest absolute Gasteiger partial charge is 0.489 e. The molecule has 164 valence electrons. The summed E-state index contributed by atoms with van der Waals surface area (Å²) in [7, 11) is 0. The van der Waals surface area contributed by atoms with E-state index in [1.54, 1.807) is 6.08 Å². The zero-order chi connectivity index (χ0) is 22.5. The fraction of sp³-hybridized carbons (Fsp3) is 0.231. The van der Waals surface area contributed by atoms with Crippen molar-refractivity contribution in [1.29, 1.82) is 0 Å². The maximum Gasteiger partial charge on any atom is 0.251 e. The Labute approximate surface area is 191 Å². The molecule has 1 unspecified atom stereocenters. The van der Waals surface area contributed by atoms with Crippen molar-refractivity contribution in [3.05, 3.63) is 87.8 Å². The van der Waals surface area contributed by atoms with Crippen LogP contribution in [0.4, 0.5) is 5.00 Å². The normalized spacial score (nSPS) is 15.3. The second-order valence-corrected chi connectivity index (χ2v) is 9.19. The molecule has 4 rings (SSSR count). The highest BCUT2D eigenvalue weighted by Gasteiger charge is 2.26. The first-order valence-corrected chi connectivity index (χ1v) is 11.5. The number of nitrogens with two attached hydrogens (primary N) is 1. The highest BCUT2D eigenvalue weighted by molar-refractivity contribution is 7.17. The van der Waals surface area contributed by atoms with Crippen molar-refractivity contribution in [2.75, 3.05) is 5.32 Å². The minimum atomic E-state index is -0.484. The number of rotatable bonds is 7. The monoisotopic (exact) mass is 446 g/mol. The van der Waals surface area contributed by atoms with Gasteiger partial charge in [-0.2, -0.15) is 0 Å². The predicted molar refractivity (Wildman–Crippen MR) is 129 cm³/mol. The number of carbonyl (C=O) groups excluding carboxylic acids is 2. The molecule has 0 saturated heterocycles. The number of hydrogen-bond donors (Lipinski definition) is 2. The molecule has 32 heavy (non-hydrogen) atoms. The third kappa shape index (κ3) is 5.26. The lowest BCUT2D eigenvalue weighted by atomic mass is 9.88. The molecule has 0 fully saturated rings. The van der Waals surface area contributed by atoms with E-state index in [-0.39, 0.29) is 5.91 Å². The van der Waals surface area contributed by atoms with Gasteiger partial charge in [-0.25, -0.2) is 0 Å². The molecule has 1 heterocycles. The molecule has 0 bridgehead atoms. The lowest BCUT2D eigenvalue weighted by Gasteiger charge is -2.18. The van der Waals surface area contributed by atoms with E-state index in [2.05, 4.69) is 12.2 Å². The summed E-state index contributed by atoms with van der Waals surface area (Å²) in [6, 6.07) is 17.5. The molecule has 2 aromatic carbocycles. The van der Waals surface area contributed by atoms with Gasteiger partial charge in [0.2, 0.25) is 5.91 Å². The van der Waals surface area contributed by atoms with Crippen LogP contribution < -0.4 is 15.8 Å². The number of thiophene rings is 1. The number of carbonyl (C=O) groups is 2. The Morgan fingerprint density at radius 2 is 1.91 bits per heavy atom. The number of primary amides is 1. The van der Waals surface area contributed by atoms with Crippen LogP contribution in [0.5, 0.6) is 5.75 Å². The number of ether oxygens (including phenoxy) is 1. The molecule has 1 aromatic heterocycles. The van der Waals surface area contributed by atoms with Crippen molar-refractivity contribution in [2.45, 2.75) is 32.8 Å². The number of hydrogen-bond acceptors (Lipinski definition) is 4. The minimum absolute atomic E-state index is 0.288. The van der Waals surface area contributed by atoms with Crippen LogP contribution >= 0.6 is 11.3 Å². The third-order valence-corrected chi connectivity index (χ3v) is 6.72. The Balaban J connectivity index is 1.38. The topological polar surface area (TPSA) is 81.4 Å². The summed E-state index contributed by atoms with van der Waals surface area (Å²) in [6.07, 6.45) is 5.98. The molecular formula is C26H26N2O3S. The molecule has 0 aliphatic heterocycles. The summed E-state index contributed by atoms with van der Waals surface area (Å²) < 4.78 is 5.79. The minimum Gasteiger partial charge on any atom is -0.489 e. The van der Waals surface area contributed by atoms with Crippen molar-refractivity contribution in [2.24, 2.45) is 11.7 Å².